The quantitative estimate of drug-likeness (QED) is 0.506. The Balaban J connectivity index is 2.27. The van der Waals surface area contributed by atoms with Crippen LogP contribution >= 0.6 is 23.2 Å². The lowest BCUT2D eigenvalue weighted by Gasteiger charge is -2.32. The molecule has 0 amide bonds. The summed E-state index contributed by atoms with van der Waals surface area (Å²) in [6, 6.07) is 1.47. The van der Waals surface area contributed by atoms with Gasteiger partial charge in [0.05, 0.1) is 21.2 Å². The van der Waals surface area contributed by atoms with Gasteiger partial charge in [-0.1, -0.05) is 28.3 Å². The van der Waals surface area contributed by atoms with Crippen LogP contribution in [0.15, 0.2) is 6.07 Å². The zero-order valence-electron chi connectivity index (χ0n) is 12.9. The summed E-state index contributed by atoms with van der Waals surface area (Å²) < 4.78 is 11.9. The maximum Gasteiger partial charge on any atom is 0.497 e. The summed E-state index contributed by atoms with van der Waals surface area (Å²) in [4.78, 5) is 10.7. The SMILES string of the molecule is CC1(C)OB(c2c(Cl)c(Cl)cc3n[nH]c([N+](=O)[O-])c23)OC1(C)C. The van der Waals surface area contributed by atoms with Crippen LogP contribution in [0.4, 0.5) is 5.82 Å². The van der Waals surface area contributed by atoms with Crippen molar-refractivity contribution in [3.63, 3.8) is 0 Å². The van der Waals surface area contributed by atoms with Crippen molar-refractivity contribution in [3.05, 3.63) is 26.2 Å². The summed E-state index contributed by atoms with van der Waals surface area (Å²) >= 11 is 12.5. The molecule has 0 radical (unpaired) electrons. The number of H-pyrrole nitrogens is 1. The summed E-state index contributed by atoms with van der Waals surface area (Å²) in [5, 5.41) is 18.2. The van der Waals surface area contributed by atoms with E-state index in [9.17, 15) is 10.1 Å². The average molecular weight is 358 g/mol. The van der Waals surface area contributed by atoms with Crippen molar-refractivity contribution in [3.8, 4) is 0 Å². The normalized spacial score (nSPS) is 19.5. The average Bonchev–Trinajstić information content (AvgIpc) is 2.90. The Morgan fingerprint density at radius 1 is 1.26 bits per heavy atom. The number of benzene rings is 1. The second kappa shape index (κ2) is 5.07. The third-order valence-electron chi connectivity index (χ3n) is 4.43. The van der Waals surface area contributed by atoms with Crippen LogP contribution in [0, 0.1) is 10.1 Å². The van der Waals surface area contributed by atoms with Gasteiger partial charge in [-0.05, 0) is 38.7 Å². The van der Waals surface area contributed by atoms with Gasteiger partial charge in [-0.3, -0.25) is 0 Å². The van der Waals surface area contributed by atoms with Gasteiger partial charge < -0.3 is 19.4 Å². The van der Waals surface area contributed by atoms with Crippen molar-refractivity contribution in [2.24, 2.45) is 0 Å². The highest BCUT2D eigenvalue weighted by atomic mass is 35.5. The Bertz CT molecular complexity index is 805. The number of fused-ring (bicyclic) bond motifs is 1. The zero-order chi connectivity index (χ0) is 17.2. The van der Waals surface area contributed by atoms with E-state index in [-0.39, 0.29) is 21.2 Å². The number of aromatic nitrogens is 2. The Labute approximate surface area is 142 Å². The molecule has 122 valence electrons. The summed E-state index contributed by atoms with van der Waals surface area (Å²) in [6.45, 7) is 7.53. The lowest BCUT2D eigenvalue weighted by molar-refractivity contribution is -0.387. The molecule has 0 unspecified atom stereocenters. The monoisotopic (exact) mass is 357 g/mol. The van der Waals surface area contributed by atoms with E-state index in [1.165, 1.54) is 6.07 Å². The third-order valence-corrected chi connectivity index (χ3v) is 5.23. The fourth-order valence-corrected chi connectivity index (χ4v) is 2.90. The summed E-state index contributed by atoms with van der Waals surface area (Å²) in [7, 11) is -0.884. The smallest absolute Gasteiger partial charge is 0.399 e. The first kappa shape index (κ1) is 16.5. The van der Waals surface area contributed by atoms with Crippen LogP contribution in [0.2, 0.25) is 10.0 Å². The van der Waals surface area contributed by atoms with Crippen molar-refractivity contribution in [2.75, 3.05) is 0 Å². The number of nitro groups is 1. The van der Waals surface area contributed by atoms with Crippen LogP contribution in [0.1, 0.15) is 27.7 Å². The Kier molecular flexibility index (Phi) is 3.64. The first-order chi connectivity index (χ1) is 10.5. The molecule has 1 aliphatic rings. The van der Waals surface area contributed by atoms with Gasteiger partial charge in [0.2, 0.25) is 0 Å². The molecule has 7 nitrogen and oxygen atoms in total. The van der Waals surface area contributed by atoms with Crippen molar-refractivity contribution in [1.82, 2.24) is 10.2 Å². The Morgan fingerprint density at radius 3 is 2.35 bits per heavy atom. The molecule has 10 heteroatoms. The van der Waals surface area contributed by atoms with Crippen LogP contribution in [-0.4, -0.2) is 33.4 Å². The van der Waals surface area contributed by atoms with E-state index in [4.69, 9.17) is 32.5 Å². The molecule has 2 heterocycles. The highest BCUT2D eigenvalue weighted by molar-refractivity contribution is 6.70. The lowest BCUT2D eigenvalue weighted by Crippen LogP contribution is -2.41. The van der Waals surface area contributed by atoms with Crippen LogP contribution in [0.25, 0.3) is 10.9 Å². The molecule has 0 spiro atoms. The van der Waals surface area contributed by atoms with Gasteiger partial charge in [0.25, 0.3) is 0 Å². The van der Waals surface area contributed by atoms with Crippen molar-refractivity contribution >= 4 is 52.5 Å². The van der Waals surface area contributed by atoms with Crippen molar-refractivity contribution < 1.29 is 14.2 Å². The van der Waals surface area contributed by atoms with Crippen molar-refractivity contribution in [2.45, 2.75) is 38.9 Å². The Hall–Kier alpha value is -1.35. The van der Waals surface area contributed by atoms with Gasteiger partial charge in [-0.25, -0.2) is 0 Å². The molecule has 1 fully saturated rings. The molecule has 2 aromatic rings. The van der Waals surface area contributed by atoms with E-state index in [1.54, 1.807) is 0 Å². The molecule has 0 saturated carbocycles. The predicted octanol–water partition coefficient (Wildman–Crippen LogP) is 3.08. The van der Waals surface area contributed by atoms with Gasteiger partial charge in [0, 0.05) is 5.46 Å². The van der Waals surface area contributed by atoms with E-state index in [0.717, 1.165) is 0 Å². The van der Waals surface area contributed by atoms with E-state index >= 15 is 0 Å². The topological polar surface area (TPSA) is 90.3 Å². The summed E-state index contributed by atoms with van der Waals surface area (Å²) in [5.74, 6) is -0.275. The van der Waals surface area contributed by atoms with Crippen LogP contribution in [0.3, 0.4) is 0 Å². The number of halogens is 2. The zero-order valence-corrected chi connectivity index (χ0v) is 14.4. The fourth-order valence-electron chi connectivity index (χ4n) is 2.45. The highest BCUT2D eigenvalue weighted by Crippen LogP contribution is 2.39. The van der Waals surface area contributed by atoms with Crippen LogP contribution < -0.4 is 5.46 Å². The fraction of sp³-hybridized carbons (Fsp3) is 0.462. The predicted molar refractivity (Wildman–Crippen MR) is 88.5 cm³/mol. The van der Waals surface area contributed by atoms with Gasteiger partial charge in [-0.2, -0.15) is 0 Å². The molecule has 1 saturated heterocycles. The molecule has 1 aliphatic heterocycles. The van der Waals surface area contributed by atoms with E-state index in [2.05, 4.69) is 10.2 Å². The molecule has 1 aromatic carbocycles. The van der Waals surface area contributed by atoms with E-state index in [0.29, 0.717) is 11.0 Å². The number of rotatable bonds is 2. The third kappa shape index (κ3) is 2.41. The summed E-state index contributed by atoms with van der Waals surface area (Å²) in [5.41, 5.74) is -0.591. The number of hydrogen-bond acceptors (Lipinski definition) is 5. The maximum atomic E-state index is 11.3. The molecule has 23 heavy (non-hydrogen) atoms. The summed E-state index contributed by atoms with van der Waals surface area (Å²) in [6.07, 6.45) is 0. The number of hydrogen-bond donors (Lipinski definition) is 1. The molecule has 0 atom stereocenters. The number of aromatic amines is 1. The van der Waals surface area contributed by atoms with Gasteiger partial charge in [0.1, 0.15) is 10.9 Å². The first-order valence-corrected chi connectivity index (χ1v) is 7.67. The minimum atomic E-state index is -0.884. The highest BCUT2D eigenvalue weighted by Gasteiger charge is 2.53. The molecule has 3 rings (SSSR count). The minimum absolute atomic E-state index is 0.155. The van der Waals surface area contributed by atoms with Crippen molar-refractivity contribution in [1.29, 1.82) is 0 Å². The second-order valence-corrected chi connectivity index (χ2v) is 7.18. The largest absolute Gasteiger partial charge is 0.497 e. The maximum absolute atomic E-state index is 11.3. The molecular weight excluding hydrogens is 344 g/mol. The molecule has 0 aliphatic carbocycles. The van der Waals surface area contributed by atoms with E-state index in [1.807, 2.05) is 27.7 Å². The van der Waals surface area contributed by atoms with Gasteiger partial charge in [0.15, 0.2) is 0 Å². The van der Waals surface area contributed by atoms with E-state index < -0.39 is 23.2 Å². The van der Waals surface area contributed by atoms with Gasteiger partial charge in [-0.15, -0.1) is 5.10 Å². The minimum Gasteiger partial charge on any atom is -0.399 e. The van der Waals surface area contributed by atoms with Crippen LogP contribution in [-0.2, 0) is 9.31 Å². The van der Waals surface area contributed by atoms with Gasteiger partial charge >= 0.3 is 12.9 Å². The molecule has 0 bridgehead atoms. The second-order valence-electron chi connectivity index (χ2n) is 6.40. The lowest BCUT2D eigenvalue weighted by atomic mass is 9.76. The molecule has 1 N–H and O–H groups in total. The standard InChI is InChI=1S/C13H14BCl2N3O4/c1-12(2)13(3,4)23-14(22-12)9-8-7(5-6(15)10(9)16)17-18-11(8)19(20)21/h5H,1-4H3,(H,17,18). The van der Waals surface area contributed by atoms with Crippen LogP contribution in [0.5, 0.6) is 0 Å². The molecule has 1 aromatic heterocycles. The number of nitrogens with zero attached hydrogens (tertiary/aromatic N) is 2. The first-order valence-electron chi connectivity index (χ1n) is 6.91. The Morgan fingerprint density at radius 2 is 1.83 bits per heavy atom. The number of nitrogens with one attached hydrogen (secondary N) is 1. The molecular formula is C13H14BCl2N3O4.